The number of amides is 1. The molecule has 0 bridgehead atoms. The lowest BCUT2D eigenvalue weighted by Gasteiger charge is -2.45. The average Bonchev–Trinajstić information content (AvgIpc) is 3.34. The molecule has 2 aliphatic rings. The second-order valence-corrected chi connectivity index (χ2v) is 10.3. The molecule has 1 aromatic heterocycles. The largest absolute Gasteiger partial charge is 0.361 e. The van der Waals surface area contributed by atoms with Crippen LogP contribution in [0.2, 0.25) is 0 Å². The van der Waals surface area contributed by atoms with Crippen molar-refractivity contribution in [1.29, 1.82) is 0 Å². The van der Waals surface area contributed by atoms with Crippen LogP contribution < -0.4 is 0 Å². The molecule has 0 unspecified atom stereocenters. The molecular weight excluding hydrogens is 388 g/mol. The number of aromatic nitrogens is 1. The zero-order valence-electron chi connectivity index (χ0n) is 17.2. The first kappa shape index (κ1) is 20.4. The van der Waals surface area contributed by atoms with E-state index >= 15 is 0 Å². The number of rotatable bonds is 5. The highest BCUT2D eigenvalue weighted by Gasteiger charge is 2.45. The lowest BCUT2D eigenvalue weighted by molar-refractivity contribution is -0.133. The van der Waals surface area contributed by atoms with Crippen LogP contribution in [0.4, 0.5) is 0 Å². The molecule has 3 heterocycles. The van der Waals surface area contributed by atoms with Crippen LogP contribution >= 0.6 is 0 Å². The predicted molar refractivity (Wildman–Crippen MR) is 114 cm³/mol. The second-order valence-electron chi connectivity index (χ2n) is 8.33. The topological polar surface area (TPSA) is 76.7 Å². The molecule has 7 nitrogen and oxygen atoms in total. The van der Waals surface area contributed by atoms with Crippen molar-refractivity contribution in [1.82, 2.24) is 19.1 Å². The zero-order valence-corrected chi connectivity index (χ0v) is 18.0. The number of carbonyl (C=O) groups is 1. The van der Waals surface area contributed by atoms with Gasteiger partial charge < -0.3 is 9.88 Å². The van der Waals surface area contributed by atoms with Crippen molar-refractivity contribution < 1.29 is 13.2 Å². The van der Waals surface area contributed by atoms with Crippen molar-refractivity contribution in [3.05, 3.63) is 36.0 Å². The summed E-state index contributed by atoms with van der Waals surface area (Å²) in [6.07, 6.45) is 5.41. The minimum Gasteiger partial charge on any atom is -0.361 e. The van der Waals surface area contributed by atoms with E-state index in [2.05, 4.69) is 16.8 Å². The van der Waals surface area contributed by atoms with Gasteiger partial charge in [0.1, 0.15) is 0 Å². The molecule has 0 saturated carbocycles. The summed E-state index contributed by atoms with van der Waals surface area (Å²) in [5, 5.41) is 1.11. The highest BCUT2D eigenvalue weighted by Crippen LogP contribution is 2.33. The van der Waals surface area contributed by atoms with Gasteiger partial charge in [0.25, 0.3) is 0 Å². The first-order valence-corrected chi connectivity index (χ1v) is 12.2. The van der Waals surface area contributed by atoms with Crippen LogP contribution in [0.3, 0.4) is 0 Å². The van der Waals surface area contributed by atoms with Crippen LogP contribution in [-0.2, 0) is 21.2 Å². The molecule has 29 heavy (non-hydrogen) atoms. The molecule has 158 valence electrons. The quantitative estimate of drug-likeness (QED) is 0.801. The summed E-state index contributed by atoms with van der Waals surface area (Å²) in [7, 11) is -3.15. The molecule has 1 aromatic carbocycles. The molecule has 2 fully saturated rings. The van der Waals surface area contributed by atoms with Gasteiger partial charge in [0.2, 0.25) is 15.9 Å². The third-order valence-corrected chi connectivity index (χ3v) is 7.99. The molecule has 2 saturated heterocycles. The number of fused-ring (bicyclic) bond motifs is 1. The number of carbonyl (C=O) groups excluding carboxylic acids is 1. The number of aromatic amines is 1. The van der Waals surface area contributed by atoms with E-state index in [9.17, 15) is 13.2 Å². The smallest absolute Gasteiger partial charge is 0.227 e. The van der Waals surface area contributed by atoms with Gasteiger partial charge in [-0.1, -0.05) is 25.1 Å². The van der Waals surface area contributed by atoms with E-state index in [0.29, 0.717) is 32.6 Å². The standard InChI is InChI=1S/C21H30N4O3S/c1-3-21(8-9-25(16-21)29(2,27)28)24-12-10-23(11-13-24)20(26)14-17-15-22-19-7-5-4-6-18(17)19/h4-7,15,22H,3,8-14,16H2,1-2H3/t21-/m0/s1. The van der Waals surface area contributed by atoms with Crippen molar-refractivity contribution in [2.45, 2.75) is 31.7 Å². The van der Waals surface area contributed by atoms with Crippen LogP contribution in [0.5, 0.6) is 0 Å². The molecule has 4 rings (SSSR count). The number of hydrogen-bond donors (Lipinski definition) is 1. The SMILES string of the molecule is CC[C@]1(N2CCN(C(=O)Cc3c[nH]c4ccccc34)CC2)CCN(S(C)(=O)=O)C1. The fraction of sp³-hybridized carbons (Fsp3) is 0.571. The van der Waals surface area contributed by atoms with E-state index in [1.165, 1.54) is 6.26 Å². The summed E-state index contributed by atoms with van der Waals surface area (Å²) in [4.78, 5) is 20.5. The number of nitrogens with one attached hydrogen (secondary N) is 1. The number of nitrogens with zero attached hydrogens (tertiary/aromatic N) is 3. The van der Waals surface area contributed by atoms with Crippen LogP contribution in [0.25, 0.3) is 10.9 Å². The highest BCUT2D eigenvalue weighted by atomic mass is 32.2. The van der Waals surface area contributed by atoms with Gasteiger partial charge in [-0.15, -0.1) is 0 Å². The lowest BCUT2D eigenvalue weighted by Crippen LogP contribution is -2.59. The molecule has 0 aliphatic carbocycles. The fourth-order valence-corrected chi connectivity index (χ4v) is 5.75. The van der Waals surface area contributed by atoms with E-state index in [0.717, 1.165) is 42.4 Å². The third kappa shape index (κ3) is 3.93. The van der Waals surface area contributed by atoms with Gasteiger partial charge in [-0.25, -0.2) is 12.7 Å². The Morgan fingerprint density at radius 2 is 1.86 bits per heavy atom. The average molecular weight is 419 g/mol. The number of piperazine rings is 1. The van der Waals surface area contributed by atoms with Gasteiger partial charge in [0.05, 0.1) is 12.7 Å². The highest BCUT2D eigenvalue weighted by molar-refractivity contribution is 7.88. The number of sulfonamides is 1. The Morgan fingerprint density at radius 3 is 2.52 bits per heavy atom. The Bertz CT molecular complexity index is 994. The number of para-hydroxylation sites is 1. The fourth-order valence-electron chi connectivity index (χ4n) is 4.86. The van der Waals surface area contributed by atoms with E-state index in [1.807, 2.05) is 35.4 Å². The van der Waals surface area contributed by atoms with Crippen LogP contribution in [-0.4, -0.2) is 84.5 Å². The number of hydrogen-bond acceptors (Lipinski definition) is 4. The summed E-state index contributed by atoms with van der Waals surface area (Å²) >= 11 is 0. The number of benzene rings is 1. The van der Waals surface area contributed by atoms with Gasteiger partial charge in [-0.3, -0.25) is 9.69 Å². The maximum Gasteiger partial charge on any atom is 0.227 e. The van der Waals surface area contributed by atoms with Crippen molar-refractivity contribution >= 4 is 26.8 Å². The van der Waals surface area contributed by atoms with Gasteiger partial charge in [0.15, 0.2) is 0 Å². The van der Waals surface area contributed by atoms with Gasteiger partial charge >= 0.3 is 0 Å². The van der Waals surface area contributed by atoms with Crippen molar-refractivity contribution in [3.63, 3.8) is 0 Å². The monoisotopic (exact) mass is 418 g/mol. The van der Waals surface area contributed by atoms with E-state index < -0.39 is 10.0 Å². The normalized spacial score (nSPS) is 24.4. The maximum atomic E-state index is 12.9. The van der Waals surface area contributed by atoms with Crippen molar-refractivity contribution in [2.24, 2.45) is 0 Å². The van der Waals surface area contributed by atoms with E-state index in [4.69, 9.17) is 0 Å². The van der Waals surface area contributed by atoms with Crippen LogP contribution in [0.1, 0.15) is 25.3 Å². The zero-order chi connectivity index (χ0) is 20.6. The lowest BCUT2D eigenvalue weighted by atomic mass is 9.92. The Labute approximate surface area is 172 Å². The van der Waals surface area contributed by atoms with Crippen molar-refractivity contribution in [2.75, 3.05) is 45.5 Å². The molecule has 1 N–H and O–H groups in total. The minimum absolute atomic E-state index is 0.102. The second kappa shape index (κ2) is 7.74. The first-order chi connectivity index (χ1) is 13.8. The molecular formula is C21H30N4O3S. The summed E-state index contributed by atoms with van der Waals surface area (Å²) in [5.41, 5.74) is 1.99. The molecule has 2 aliphatic heterocycles. The summed E-state index contributed by atoms with van der Waals surface area (Å²) in [6.45, 7) is 6.28. The first-order valence-electron chi connectivity index (χ1n) is 10.4. The van der Waals surface area contributed by atoms with Crippen molar-refractivity contribution in [3.8, 4) is 0 Å². The van der Waals surface area contributed by atoms with E-state index in [1.54, 1.807) is 4.31 Å². The molecule has 2 aromatic rings. The molecule has 0 spiro atoms. The minimum atomic E-state index is -3.15. The predicted octanol–water partition coefficient (Wildman–Crippen LogP) is 1.67. The Balaban J connectivity index is 1.38. The van der Waals surface area contributed by atoms with Gasteiger partial charge in [-0.2, -0.15) is 0 Å². The number of H-pyrrole nitrogens is 1. The molecule has 1 atom stereocenters. The molecule has 0 radical (unpaired) electrons. The van der Waals surface area contributed by atoms with Crippen LogP contribution in [0.15, 0.2) is 30.5 Å². The Hall–Kier alpha value is -1.90. The summed E-state index contributed by atoms with van der Waals surface area (Å²) < 4.78 is 25.5. The van der Waals surface area contributed by atoms with Crippen LogP contribution in [0, 0.1) is 0 Å². The Kier molecular flexibility index (Phi) is 5.44. The summed E-state index contributed by atoms with van der Waals surface area (Å²) in [5.74, 6) is 0.157. The summed E-state index contributed by atoms with van der Waals surface area (Å²) in [6, 6.07) is 8.05. The Morgan fingerprint density at radius 1 is 1.14 bits per heavy atom. The van der Waals surface area contributed by atoms with E-state index in [-0.39, 0.29) is 11.4 Å². The molecule has 1 amide bonds. The third-order valence-electron chi connectivity index (χ3n) is 6.74. The maximum absolute atomic E-state index is 12.9. The van der Waals surface area contributed by atoms with Gasteiger partial charge in [-0.05, 0) is 24.5 Å². The van der Waals surface area contributed by atoms with Gasteiger partial charge in [0, 0.05) is 61.9 Å². The molecule has 8 heteroatoms.